The fourth-order valence-electron chi connectivity index (χ4n) is 0.606. The van der Waals surface area contributed by atoms with Gasteiger partial charge in [-0.3, -0.25) is 0 Å². The second-order valence-electron chi connectivity index (χ2n) is 2.17. The molecule has 1 rings (SSSR count). The Bertz CT molecular complexity index is 253. The molecular formula is C9H10OSe. The van der Waals surface area contributed by atoms with Gasteiger partial charge in [0.1, 0.15) is 0 Å². The predicted octanol–water partition coefficient (Wildman–Crippen LogP) is 0.866. The van der Waals surface area contributed by atoms with Crippen molar-refractivity contribution in [2.45, 2.75) is 19.4 Å². The average molecular weight is 213 g/mol. The van der Waals surface area contributed by atoms with Gasteiger partial charge in [0.2, 0.25) is 0 Å². The number of rotatable bonds is 1. The first-order chi connectivity index (χ1) is 5.33. The van der Waals surface area contributed by atoms with E-state index in [1.807, 2.05) is 19.1 Å². The van der Waals surface area contributed by atoms with E-state index in [1.165, 1.54) is 0 Å². The van der Waals surface area contributed by atoms with Crippen LogP contribution in [0.4, 0.5) is 0 Å². The minimum atomic E-state index is -0.452. The van der Waals surface area contributed by atoms with Crippen LogP contribution >= 0.6 is 0 Å². The molecule has 2 heteroatoms. The summed E-state index contributed by atoms with van der Waals surface area (Å²) in [6, 6.07) is 4.03. The number of aliphatic hydroxyl groups excluding tert-OH is 1. The van der Waals surface area contributed by atoms with E-state index in [9.17, 15) is 0 Å². The van der Waals surface area contributed by atoms with Crippen molar-refractivity contribution in [1.82, 2.24) is 0 Å². The van der Waals surface area contributed by atoms with E-state index in [1.54, 1.807) is 0 Å². The van der Waals surface area contributed by atoms with E-state index in [-0.39, 0.29) is 0 Å². The van der Waals surface area contributed by atoms with E-state index in [0.717, 1.165) is 4.44 Å². The zero-order chi connectivity index (χ0) is 8.10. The van der Waals surface area contributed by atoms with E-state index in [4.69, 9.17) is 5.11 Å². The fourth-order valence-corrected chi connectivity index (χ4v) is 1.82. The molecular weight excluding hydrogens is 203 g/mol. The Morgan fingerprint density at radius 2 is 2.55 bits per heavy atom. The summed E-state index contributed by atoms with van der Waals surface area (Å²) in [5, 5.41) is 9.10. The molecule has 1 aromatic heterocycles. The van der Waals surface area contributed by atoms with Gasteiger partial charge in [-0.05, 0) is 0 Å². The molecule has 0 amide bonds. The molecule has 11 heavy (non-hydrogen) atoms. The van der Waals surface area contributed by atoms with Crippen molar-refractivity contribution in [3.8, 4) is 11.8 Å². The van der Waals surface area contributed by atoms with Gasteiger partial charge in [0.15, 0.2) is 0 Å². The van der Waals surface area contributed by atoms with Crippen LogP contribution in [0, 0.1) is 11.8 Å². The molecule has 0 aliphatic rings. The van der Waals surface area contributed by atoms with Crippen LogP contribution in [0.5, 0.6) is 0 Å². The van der Waals surface area contributed by atoms with Crippen molar-refractivity contribution >= 4 is 14.5 Å². The third-order valence-electron chi connectivity index (χ3n) is 1.27. The molecule has 0 aliphatic carbocycles. The van der Waals surface area contributed by atoms with Crippen LogP contribution in [-0.4, -0.2) is 25.7 Å². The summed E-state index contributed by atoms with van der Waals surface area (Å²) in [6.07, 6.45) is 0.257. The second-order valence-corrected chi connectivity index (χ2v) is 4.16. The van der Waals surface area contributed by atoms with Gasteiger partial charge < -0.3 is 0 Å². The molecule has 0 saturated heterocycles. The molecule has 1 unspecified atom stereocenters. The van der Waals surface area contributed by atoms with Gasteiger partial charge in [-0.15, -0.1) is 0 Å². The van der Waals surface area contributed by atoms with E-state index in [0.29, 0.717) is 20.9 Å². The van der Waals surface area contributed by atoms with Gasteiger partial charge in [0.05, 0.1) is 0 Å². The molecule has 0 spiro atoms. The van der Waals surface area contributed by atoms with E-state index in [2.05, 4.69) is 16.8 Å². The first-order valence-corrected chi connectivity index (χ1v) is 5.40. The van der Waals surface area contributed by atoms with Crippen molar-refractivity contribution in [2.24, 2.45) is 0 Å². The molecule has 0 saturated carbocycles. The van der Waals surface area contributed by atoms with Crippen molar-refractivity contribution in [3.05, 3.63) is 21.5 Å². The van der Waals surface area contributed by atoms with Crippen molar-refractivity contribution < 1.29 is 5.11 Å². The molecule has 1 heterocycles. The van der Waals surface area contributed by atoms with Gasteiger partial charge in [-0.25, -0.2) is 0 Å². The average Bonchev–Trinajstić information content (AvgIpc) is 2.52. The second kappa shape index (κ2) is 4.41. The topological polar surface area (TPSA) is 20.2 Å². The van der Waals surface area contributed by atoms with Gasteiger partial charge in [0, 0.05) is 0 Å². The molecule has 1 nitrogen and oxygen atoms in total. The summed E-state index contributed by atoms with van der Waals surface area (Å²) < 4.78 is 1.16. The standard InChI is InChI=1S/C9H10OSe/c1-2-8(10)5-6-9-4-3-7-11-9/h3-4,7-8,10H,2H2,1H3. The molecule has 0 fully saturated rings. The SMILES string of the molecule is CCC(O)C#Cc1ccc[se]1. The van der Waals surface area contributed by atoms with Gasteiger partial charge >= 0.3 is 72.4 Å². The zero-order valence-electron chi connectivity index (χ0n) is 6.37. The Labute approximate surface area is 72.8 Å². The number of hydrogen-bond donors (Lipinski definition) is 1. The maximum absolute atomic E-state index is 9.10. The van der Waals surface area contributed by atoms with Crippen LogP contribution in [0.15, 0.2) is 17.1 Å². The third kappa shape index (κ3) is 2.94. The summed E-state index contributed by atoms with van der Waals surface area (Å²) in [5.41, 5.74) is 0. The number of hydrogen-bond acceptors (Lipinski definition) is 1. The van der Waals surface area contributed by atoms with Gasteiger partial charge in [0.25, 0.3) is 0 Å². The molecule has 1 aromatic rings. The first-order valence-electron chi connectivity index (χ1n) is 3.56. The van der Waals surface area contributed by atoms with Gasteiger partial charge in [-0.1, -0.05) is 0 Å². The van der Waals surface area contributed by atoms with E-state index >= 15 is 0 Å². The van der Waals surface area contributed by atoms with E-state index < -0.39 is 6.10 Å². The number of aliphatic hydroxyl groups is 1. The van der Waals surface area contributed by atoms with Gasteiger partial charge in [-0.2, -0.15) is 0 Å². The van der Waals surface area contributed by atoms with Crippen LogP contribution < -0.4 is 0 Å². The maximum atomic E-state index is 9.10. The minimum absolute atomic E-state index is 0.417. The summed E-state index contributed by atoms with van der Waals surface area (Å²) in [4.78, 5) is 2.12. The Hall–Kier alpha value is -0.481. The molecule has 0 aliphatic heterocycles. The summed E-state index contributed by atoms with van der Waals surface area (Å²) in [5.74, 6) is 5.75. The monoisotopic (exact) mass is 214 g/mol. The van der Waals surface area contributed by atoms with Crippen LogP contribution in [0.1, 0.15) is 17.8 Å². The first kappa shape index (κ1) is 8.61. The van der Waals surface area contributed by atoms with Crippen molar-refractivity contribution in [1.29, 1.82) is 0 Å². The molecule has 0 aromatic carbocycles. The molecule has 1 N–H and O–H groups in total. The predicted molar refractivity (Wildman–Crippen MR) is 46.6 cm³/mol. The fraction of sp³-hybridized carbons (Fsp3) is 0.333. The molecule has 0 bridgehead atoms. The Balaban J connectivity index is 2.58. The Morgan fingerprint density at radius 3 is 3.09 bits per heavy atom. The Morgan fingerprint density at radius 1 is 1.73 bits per heavy atom. The van der Waals surface area contributed by atoms with Crippen LogP contribution in [-0.2, 0) is 0 Å². The summed E-state index contributed by atoms with van der Waals surface area (Å²) in [7, 11) is 0. The normalized spacial score (nSPS) is 11.8. The molecule has 0 radical (unpaired) electrons. The zero-order valence-corrected chi connectivity index (χ0v) is 8.09. The Kier molecular flexibility index (Phi) is 3.45. The van der Waals surface area contributed by atoms with Crippen LogP contribution in [0.3, 0.4) is 0 Å². The molecule has 58 valence electrons. The summed E-state index contributed by atoms with van der Waals surface area (Å²) in [6.45, 7) is 1.92. The van der Waals surface area contributed by atoms with Crippen molar-refractivity contribution in [3.63, 3.8) is 0 Å². The molecule has 1 atom stereocenters. The van der Waals surface area contributed by atoms with Crippen molar-refractivity contribution in [2.75, 3.05) is 0 Å². The van der Waals surface area contributed by atoms with Crippen LogP contribution in [0.25, 0.3) is 0 Å². The summed E-state index contributed by atoms with van der Waals surface area (Å²) >= 11 is 0.417. The van der Waals surface area contributed by atoms with Crippen LogP contribution in [0.2, 0.25) is 0 Å². The third-order valence-corrected chi connectivity index (χ3v) is 2.92. The quantitative estimate of drug-likeness (QED) is 0.542.